The Labute approximate surface area is 137 Å². The molecule has 0 unspecified atom stereocenters. The summed E-state index contributed by atoms with van der Waals surface area (Å²) < 4.78 is 18.5. The highest BCUT2D eigenvalue weighted by Gasteiger charge is 2.30. The van der Waals surface area contributed by atoms with Crippen molar-refractivity contribution in [1.82, 2.24) is 10.3 Å². The largest absolute Gasteiger partial charge is 0.445 e. The lowest BCUT2D eigenvalue weighted by Gasteiger charge is -2.03. The quantitative estimate of drug-likeness (QED) is 0.807. The van der Waals surface area contributed by atoms with Crippen LogP contribution in [-0.4, -0.2) is 34.9 Å². The Morgan fingerprint density at radius 1 is 1.38 bits per heavy atom. The van der Waals surface area contributed by atoms with Crippen LogP contribution in [0, 0.1) is 12.7 Å². The van der Waals surface area contributed by atoms with Crippen LogP contribution in [0.15, 0.2) is 39.8 Å². The van der Waals surface area contributed by atoms with Gasteiger partial charge in [0.1, 0.15) is 11.6 Å². The minimum absolute atomic E-state index is 0.0494. The number of rotatable bonds is 5. The van der Waals surface area contributed by atoms with Crippen molar-refractivity contribution >= 4 is 11.7 Å². The van der Waals surface area contributed by atoms with Crippen molar-refractivity contribution in [1.29, 1.82) is 0 Å². The van der Waals surface area contributed by atoms with E-state index in [1.54, 1.807) is 19.1 Å². The lowest BCUT2D eigenvalue weighted by atomic mass is 10.0. The van der Waals surface area contributed by atoms with Crippen molar-refractivity contribution in [2.45, 2.75) is 13.3 Å². The number of aliphatic hydroxyl groups excluding tert-OH is 1. The third-order valence-corrected chi connectivity index (χ3v) is 3.79. The van der Waals surface area contributed by atoms with Crippen LogP contribution in [0.2, 0.25) is 0 Å². The van der Waals surface area contributed by atoms with Crippen molar-refractivity contribution in [3.63, 3.8) is 0 Å². The molecule has 24 heavy (non-hydrogen) atoms. The van der Waals surface area contributed by atoms with Crippen LogP contribution in [0.5, 0.6) is 0 Å². The number of hydrogen-bond donors (Lipinski definition) is 2. The topological polar surface area (TPSA) is 92.4 Å². The van der Waals surface area contributed by atoms with Gasteiger partial charge in [-0.3, -0.25) is 9.59 Å². The number of hydrogen-bond acceptors (Lipinski definition) is 5. The Bertz CT molecular complexity index is 837. The molecule has 2 aromatic rings. The summed E-state index contributed by atoms with van der Waals surface area (Å²) in [6.07, 6.45) is 0.269. The first kappa shape index (κ1) is 16.1. The normalized spacial score (nSPS) is 14.2. The number of benzene rings is 1. The number of halogens is 1. The number of oxazole rings is 1. The molecule has 0 bridgehead atoms. The maximum atomic E-state index is 13.0. The maximum Gasteiger partial charge on any atom is 0.250 e. The smallest absolute Gasteiger partial charge is 0.250 e. The molecule has 3 rings (SSSR count). The van der Waals surface area contributed by atoms with Gasteiger partial charge in [0.15, 0.2) is 11.6 Å². The third-order valence-electron chi connectivity index (χ3n) is 3.79. The zero-order chi connectivity index (χ0) is 17.3. The number of carbonyl (C=O) groups is 2. The molecule has 6 nitrogen and oxygen atoms in total. The molecule has 2 heterocycles. The Kier molecular flexibility index (Phi) is 4.26. The Morgan fingerprint density at radius 2 is 2.08 bits per heavy atom. The zero-order valence-electron chi connectivity index (χ0n) is 12.9. The first-order chi connectivity index (χ1) is 11.5. The number of aromatic nitrogens is 1. The van der Waals surface area contributed by atoms with Crippen LogP contribution in [0.3, 0.4) is 0 Å². The lowest BCUT2D eigenvalue weighted by Crippen LogP contribution is -2.19. The number of aliphatic hydroxyl groups is 1. The minimum Gasteiger partial charge on any atom is -0.445 e. The number of carbonyl (C=O) groups excluding carboxylic acids is 2. The van der Waals surface area contributed by atoms with Crippen molar-refractivity contribution in [2.24, 2.45) is 0 Å². The minimum atomic E-state index is -0.517. The summed E-state index contributed by atoms with van der Waals surface area (Å²) in [6.45, 7) is 1.15. The lowest BCUT2D eigenvalue weighted by molar-refractivity contribution is -0.117. The average molecular weight is 330 g/mol. The number of nitrogens with one attached hydrogen (secondary N) is 1. The Morgan fingerprint density at radius 3 is 2.75 bits per heavy atom. The molecule has 0 radical (unpaired) electrons. The second-order valence-electron chi connectivity index (χ2n) is 5.43. The van der Waals surface area contributed by atoms with Crippen LogP contribution in [0.1, 0.15) is 27.7 Å². The van der Waals surface area contributed by atoms with E-state index in [-0.39, 0.29) is 35.6 Å². The molecule has 1 aliphatic heterocycles. The zero-order valence-corrected chi connectivity index (χ0v) is 12.9. The molecule has 7 heteroatoms. The molecule has 124 valence electrons. The highest BCUT2D eigenvalue weighted by atomic mass is 19.1. The molecule has 1 aromatic carbocycles. The van der Waals surface area contributed by atoms with Crippen LogP contribution in [0.4, 0.5) is 4.39 Å². The van der Waals surface area contributed by atoms with E-state index in [2.05, 4.69) is 10.3 Å². The van der Waals surface area contributed by atoms with Gasteiger partial charge in [0, 0.05) is 25.5 Å². The van der Waals surface area contributed by atoms with E-state index in [0.29, 0.717) is 11.7 Å². The summed E-state index contributed by atoms with van der Waals surface area (Å²) in [5.41, 5.74) is 1.11. The molecule has 0 saturated heterocycles. The standard InChI is InChI=1S/C17H15FN2O4/c1-9-20-15(16(22)12-7-19-17(23)13(12)8-21)14(24-9)6-10-2-4-11(18)5-3-10/h2-5,21H,6-8H2,1H3,(H,19,23). The molecule has 1 amide bonds. The predicted molar refractivity (Wildman–Crippen MR) is 81.9 cm³/mol. The SMILES string of the molecule is Cc1nc(C(=O)C2=C(CO)C(=O)NC2)c(Cc2ccc(F)cc2)o1. The number of nitrogens with zero attached hydrogens (tertiary/aromatic N) is 1. The van der Waals surface area contributed by atoms with Crippen LogP contribution in [0.25, 0.3) is 0 Å². The Hall–Kier alpha value is -2.80. The van der Waals surface area contributed by atoms with Gasteiger partial charge in [-0.15, -0.1) is 0 Å². The van der Waals surface area contributed by atoms with E-state index < -0.39 is 18.3 Å². The van der Waals surface area contributed by atoms with Gasteiger partial charge >= 0.3 is 0 Å². The average Bonchev–Trinajstić information content (AvgIpc) is 3.11. The molecule has 0 fully saturated rings. The van der Waals surface area contributed by atoms with Gasteiger partial charge in [-0.25, -0.2) is 9.37 Å². The van der Waals surface area contributed by atoms with Gasteiger partial charge in [0.05, 0.1) is 12.2 Å². The number of aryl methyl sites for hydroxylation is 1. The summed E-state index contributed by atoms with van der Waals surface area (Å²) in [5.74, 6) is -0.600. The van der Waals surface area contributed by atoms with Crippen LogP contribution < -0.4 is 5.32 Å². The van der Waals surface area contributed by atoms with E-state index >= 15 is 0 Å². The van der Waals surface area contributed by atoms with Gasteiger partial charge in [-0.05, 0) is 17.7 Å². The first-order valence-corrected chi connectivity index (χ1v) is 7.36. The van der Waals surface area contributed by atoms with Crippen molar-refractivity contribution in [3.05, 3.63) is 64.1 Å². The summed E-state index contributed by atoms with van der Waals surface area (Å²) in [4.78, 5) is 28.4. The molecule has 0 saturated carbocycles. The second-order valence-corrected chi connectivity index (χ2v) is 5.43. The molecular formula is C17H15FN2O4. The van der Waals surface area contributed by atoms with Crippen molar-refractivity contribution in [3.8, 4) is 0 Å². The van der Waals surface area contributed by atoms with Gasteiger partial charge < -0.3 is 14.8 Å². The summed E-state index contributed by atoms with van der Waals surface area (Å²) in [5, 5.41) is 11.8. The fourth-order valence-corrected chi connectivity index (χ4v) is 2.60. The fraction of sp³-hybridized carbons (Fsp3) is 0.235. The van der Waals surface area contributed by atoms with Gasteiger partial charge in [-0.2, -0.15) is 0 Å². The highest BCUT2D eigenvalue weighted by Crippen LogP contribution is 2.22. The number of Topliss-reactive ketones (excluding diaryl/α,β-unsaturated/α-hetero) is 1. The summed E-state index contributed by atoms with van der Waals surface area (Å²) >= 11 is 0. The van der Waals surface area contributed by atoms with E-state index in [0.717, 1.165) is 5.56 Å². The van der Waals surface area contributed by atoms with Gasteiger partial charge in [-0.1, -0.05) is 12.1 Å². The maximum absolute atomic E-state index is 13.0. The van der Waals surface area contributed by atoms with Crippen LogP contribution >= 0.6 is 0 Å². The monoisotopic (exact) mass is 330 g/mol. The molecule has 0 aliphatic carbocycles. The van der Waals surface area contributed by atoms with E-state index in [1.165, 1.54) is 12.1 Å². The van der Waals surface area contributed by atoms with E-state index in [4.69, 9.17) is 4.42 Å². The van der Waals surface area contributed by atoms with Crippen molar-refractivity contribution in [2.75, 3.05) is 13.2 Å². The third kappa shape index (κ3) is 2.98. The van der Waals surface area contributed by atoms with Crippen molar-refractivity contribution < 1.29 is 23.5 Å². The molecular weight excluding hydrogens is 315 g/mol. The summed E-state index contributed by atoms with van der Waals surface area (Å²) in [7, 11) is 0. The van der Waals surface area contributed by atoms with Crippen LogP contribution in [-0.2, 0) is 11.2 Å². The predicted octanol–water partition coefficient (Wildman–Crippen LogP) is 1.31. The fourth-order valence-electron chi connectivity index (χ4n) is 2.60. The van der Waals surface area contributed by atoms with Gasteiger partial charge in [0.2, 0.25) is 11.7 Å². The molecule has 1 aromatic heterocycles. The molecule has 1 aliphatic rings. The van der Waals surface area contributed by atoms with E-state index in [9.17, 15) is 19.1 Å². The second kappa shape index (κ2) is 6.37. The molecule has 2 N–H and O–H groups in total. The van der Waals surface area contributed by atoms with Gasteiger partial charge in [0.25, 0.3) is 0 Å². The van der Waals surface area contributed by atoms with E-state index in [1.807, 2.05) is 0 Å². The summed E-state index contributed by atoms with van der Waals surface area (Å²) in [6, 6.07) is 5.85. The number of amides is 1. The Balaban J connectivity index is 1.94. The number of ketones is 1. The first-order valence-electron chi connectivity index (χ1n) is 7.36. The molecule has 0 spiro atoms. The highest BCUT2D eigenvalue weighted by molar-refractivity contribution is 6.15. The molecule has 0 atom stereocenters.